The minimum absolute atomic E-state index is 0.00702. The van der Waals surface area contributed by atoms with Gasteiger partial charge in [-0.05, 0) is 18.2 Å². The van der Waals surface area contributed by atoms with Crippen molar-refractivity contribution in [1.29, 1.82) is 0 Å². The van der Waals surface area contributed by atoms with E-state index in [9.17, 15) is 13.6 Å². The van der Waals surface area contributed by atoms with Crippen LogP contribution in [-0.2, 0) is 6.54 Å². The molecule has 2 heterocycles. The zero-order valence-corrected chi connectivity index (χ0v) is 15.7. The number of carbonyl (C=O) groups is 1. The number of carbonyl (C=O) groups excluding carboxylic acids is 1. The largest absolute Gasteiger partial charge is 0.496 e. The van der Waals surface area contributed by atoms with Crippen LogP contribution in [-0.4, -0.2) is 33.0 Å². The third-order valence-corrected chi connectivity index (χ3v) is 4.32. The van der Waals surface area contributed by atoms with Crippen molar-refractivity contribution in [2.24, 2.45) is 0 Å². The molecule has 10 heteroatoms. The second kappa shape index (κ2) is 8.11. The van der Waals surface area contributed by atoms with Crippen LogP contribution in [0.1, 0.15) is 15.9 Å². The SMILES string of the molecule is COc1ccccc1C(=O)Nc1nc(NCc2ccc(F)cc2F)c2[nH]cnc2n1. The number of anilines is 2. The molecule has 0 aliphatic rings. The van der Waals surface area contributed by atoms with Gasteiger partial charge < -0.3 is 15.0 Å². The molecule has 152 valence electrons. The molecule has 0 aliphatic heterocycles. The molecule has 0 saturated heterocycles. The van der Waals surface area contributed by atoms with Gasteiger partial charge in [0, 0.05) is 18.2 Å². The van der Waals surface area contributed by atoms with E-state index >= 15 is 0 Å². The molecule has 2 aromatic heterocycles. The topological polar surface area (TPSA) is 105 Å². The van der Waals surface area contributed by atoms with Crippen LogP contribution in [0.4, 0.5) is 20.5 Å². The Labute approximate surface area is 169 Å². The predicted octanol–water partition coefficient (Wildman–Crippen LogP) is 3.50. The molecule has 0 atom stereocenters. The van der Waals surface area contributed by atoms with Gasteiger partial charge in [0.2, 0.25) is 5.95 Å². The number of aromatic amines is 1. The van der Waals surface area contributed by atoms with Crippen molar-refractivity contribution in [3.05, 3.63) is 71.6 Å². The summed E-state index contributed by atoms with van der Waals surface area (Å²) in [5, 5.41) is 5.58. The summed E-state index contributed by atoms with van der Waals surface area (Å²) in [5.41, 5.74) is 1.35. The van der Waals surface area contributed by atoms with E-state index in [1.54, 1.807) is 24.3 Å². The summed E-state index contributed by atoms with van der Waals surface area (Å²) in [6.07, 6.45) is 1.43. The lowest BCUT2D eigenvalue weighted by atomic mass is 10.2. The summed E-state index contributed by atoms with van der Waals surface area (Å²) in [6.45, 7) is 0.0388. The van der Waals surface area contributed by atoms with Crippen LogP contribution in [0, 0.1) is 11.6 Å². The lowest BCUT2D eigenvalue weighted by Crippen LogP contribution is -2.16. The summed E-state index contributed by atoms with van der Waals surface area (Å²) in [5.74, 6) is -1.08. The van der Waals surface area contributed by atoms with Gasteiger partial charge in [-0.2, -0.15) is 9.97 Å². The number of halogens is 2. The Kier molecular flexibility index (Phi) is 5.21. The van der Waals surface area contributed by atoms with Crippen LogP contribution in [0.15, 0.2) is 48.8 Å². The first kappa shape index (κ1) is 19.2. The van der Waals surface area contributed by atoms with Gasteiger partial charge in [0.15, 0.2) is 11.5 Å². The maximum absolute atomic E-state index is 13.9. The van der Waals surface area contributed by atoms with Gasteiger partial charge in [0.05, 0.1) is 19.0 Å². The molecule has 0 spiro atoms. The Hall–Kier alpha value is -4.08. The number of hydrogen-bond acceptors (Lipinski definition) is 6. The smallest absolute Gasteiger partial charge is 0.261 e. The molecule has 0 bridgehead atoms. The fourth-order valence-corrected chi connectivity index (χ4v) is 2.86. The van der Waals surface area contributed by atoms with Crippen LogP contribution in [0.25, 0.3) is 11.2 Å². The van der Waals surface area contributed by atoms with Crippen molar-refractivity contribution >= 4 is 28.8 Å². The van der Waals surface area contributed by atoms with Crippen molar-refractivity contribution in [3.63, 3.8) is 0 Å². The number of fused-ring (bicyclic) bond motifs is 1. The number of para-hydroxylation sites is 1. The Morgan fingerprint density at radius 2 is 2.00 bits per heavy atom. The summed E-state index contributed by atoms with van der Waals surface area (Å²) in [6, 6.07) is 10.0. The van der Waals surface area contributed by atoms with Crippen LogP contribution in [0.2, 0.25) is 0 Å². The quantitative estimate of drug-likeness (QED) is 0.449. The van der Waals surface area contributed by atoms with Gasteiger partial charge in [-0.1, -0.05) is 18.2 Å². The number of H-pyrrole nitrogens is 1. The van der Waals surface area contributed by atoms with Crippen LogP contribution in [0.5, 0.6) is 5.75 Å². The highest BCUT2D eigenvalue weighted by molar-refractivity contribution is 6.05. The summed E-state index contributed by atoms with van der Waals surface area (Å²) in [4.78, 5) is 28.1. The number of benzene rings is 2. The highest BCUT2D eigenvalue weighted by Gasteiger charge is 2.16. The van der Waals surface area contributed by atoms with Gasteiger partial charge in [-0.25, -0.2) is 13.8 Å². The average Bonchev–Trinajstić information content (AvgIpc) is 3.21. The molecule has 0 radical (unpaired) electrons. The number of methoxy groups -OCH3 is 1. The van der Waals surface area contributed by atoms with Gasteiger partial charge in [-0.15, -0.1) is 0 Å². The predicted molar refractivity (Wildman–Crippen MR) is 106 cm³/mol. The van der Waals surface area contributed by atoms with Gasteiger partial charge in [-0.3, -0.25) is 10.1 Å². The van der Waals surface area contributed by atoms with Gasteiger partial charge in [0.25, 0.3) is 5.91 Å². The number of aromatic nitrogens is 4. The Bertz CT molecular complexity index is 1230. The first-order chi connectivity index (χ1) is 14.5. The summed E-state index contributed by atoms with van der Waals surface area (Å²) in [7, 11) is 1.47. The lowest BCUT2D eigenvalue weighted by Gasteiger charge is -2.11. The summed E-state index contributed by atoms with van der Waals surface area (Å²) >= 11 is 0. The normalized spacial score (nSPS) is 10.8. The van der Waals surface area contributed by atoms with Crippen LogP contribution in [0.3, 0.4) is 0 Å². The van der Waals surface area contributed by atoms with E-state index in [2.05, 4.69) is 30.6 Å². The molecule has 3 N–H and O–H groups in total. The molecule has 0 aliphatic carbocycles. The number of nitrogens with zero attached hydrogens (tertiary/aromatic N) is 3. The van der Waals surface area contributed by atoms with Crippen molar-refractivity contribution in [3.8, 4) is 5.75 Å². The maximum atomic E-state index is 13.9. The van der Waals surface area contributed by atoms with Crippen molar-refractivity contribution in [2.75, 3.05) is 17.7 Å². The molecular weight excluding hydrogens is 394 g/mol. The third-order valence-electron chi connectivity index (χ3n) is 4.32. The molecule has 4 aromatic rings. The zero-order valence-electron chi connectivity index (χ0n) is 15.7. The highest BCUT2D eigenvalue weighted by atomic mass is 19.1. The first-order valence-electron chi connectivity index (χ1n) is 8.88. The molecule has 30 heavy (non-hydrogen) atoms. The third kappa shape index (κ3) is 3.88. The number of ether oxygens (including phenoxy) is 1. The number of hydrogen-bond donors (Lipinski definition) is 3. The second-order valence-corrected chi connectivity index (χ2v) is 6.24. The second-order valence-electron chi connectivity index (χ2n) is 6.24. The molecule has 0 fully saturated rings. The van der Waals surface area contributed by atoms with Gasteiger partial charge in [0.1, 0.15) is 22.9 Å². The minimum atomic E-state index is -0.679. The number of amides is 1. The molecule has 2 aromatic carbocycles. The average molecular weight is 410 g/mol. The zero-order chi connectivity index (χ0) is 21.1. The van der Waals surface area contributed by atoms with Crippen LogP contribution >= 0.6 is 0 Å². The summed E-state index contributed by atoms with van der Waals surface area (Å²) < 4.78 is 32.2. The van der Waals surface area contributed by atoms with E-state index < -0.39 is 17.5 Å². The number of imidazole rings is 1. The van der Waals surface area contributed by atoms with E-state index in [4.69, 9.17) is 4.74 Å². The maximum Gasteiger partial charge on any atom is 0.261 e. The standard InChI is InChI=1S/C20H16F2N6O2/c1-30-15-5-3-2-4-13(15)19(29)28-20-26-17(16-18(27-20)25-10-24-16)23-9-11-6-7-12(21)8-14(11)22/h2-8,10H,9H2,1H3,(H3,23,24,25,26,27,28,29). The van der Waals surface area contributed by atoms with E-state index in [-0.39, 0.29) is 18.1 Å². The van der Waals surface area contributed by atoms with Gasteiger partial charge >= 0.3 is 0 Å². The van der Waals surface area contributed by atoms with Crippen molar-refractivity contribution in [1.82, 2.24) is 19.9 Å². The van der Waals surface area contributed by atoms with Crippen molar-refractivity contribution < 1.29 is 18.3 Å². The van der Waals surface area contributed by atoms with E-state index in [0.717, 1.165) is 6.07 Å². The van der Waals surface area contributed by atoms with E-state index in [1.165, 1.54) is 25.6 Å². The first-order valence-corrected chi connectivity index (χ1v) is 8.88. The molecule has 4 rings (SSSR count). The monoisotopic (exact) mass is 410 g/mol. The Balaban J connectivity index is 1.60. The van der Waals surface area contributed by atoms with E-state index in [1.807, 2.05) is 0 Å². The fourth-order valence-electron chi connectivity index (χ4n) is 2.86. The van der Waals surface area contributed by atoms with E-state index in [0.29, 0.717) is 28.3 Å². The molecule has 0 unspecified atom stereocenters. The lowest BCUT2D eigenvalue weighted by molar-refractivity contribution is 0.102. The molecular formula is C20H16F2N6O2. The molecule has 0 saturated carbocycles. The molecule has 1 amide bonds. The fraction of sp³-hybridized carbons (Fsp3) is 0.100. The number of nitrogens with one attached hydrogen (secondary N) is 3. The highest BCUT2D eigenvalue weighted by Crippen LogP contribution is 2.22. The van der Waals surface area contributed by atoms with Crippen LogP contribution < -0.4 is 15.4 Å². The Morgan fingerprint density at radius 3 is 2.80 bits per heavy atom. The minimum Gasteiger partial charge on any atom is -0.496 e. The molecule has 8 nitrogen and oxygen atoms in total. The van der Waals surface area contributed by atoms with Crippen molar-refractivity contribution in [2.45, 2.75) is 6.54 Å². The Morgan fingerprint density at radius 1 is 1.17 bits per heavy atom. The number of rotatable bonds is 6.